The number of carbonyl (C=O) groups excluding carboxylic acids is 1. The van der Waals surface area contributed by atoms with Gasteiger partial charge in [0.2, 0.25) is 0 Å². The maximum Gasteiger partial charge on any atom is 0.283 e. The number of hydrogen-bond acceptors (Lipinski definition) is 8. The number of nitro benzene ring substituents is 1. The summed E-state index contributed by atoms with van der Waals surface area (Å²) in [6.45, 7) is 0. The van der Waals surface area contributed by atoms with Crippen LogP contribution in [0, 0.1) is 10.1 Å². The number of anilines is 1. The Morgan fingerprint density at radius 2 is 1.89 bits per heavy atom. The molecule has 0 aliphatic heterocycles. The molecule has 0 atom stereocenters. The van der Waals surface area contributed by atoms with Crippen molar-refractivity contribution in [2.45, 2.75) is 0 Å². The third-order valence-electron chi connectivity index (χ3n) is 5.32. The number of benzene rings is 2. The first-order chi connectivity index (χ1) is 17.4. The largest absolute Gasteiger partial charge is 0.397 e. The smallest absolute Gasteiger partial charge is 0.283 e. The molecule has 0 aliphatic rings. The number of non-ortho nitro benzene ring substituents is 1. The van der Waals surface area contributed by atoms with E-state index in [1.165, 1.54) is 41.8 Å². The number of thiophene rings is 2. The third kappa shape index (κ3) is 4.69. The fourth-order valence-electron chi connectivity index (χ4n) is 3.58. The molecule has 11 heteroatoms. The van der Waals surface area contributed by atoms with Crippen molar-refractivity contribution in [2.75, 3.05) is 5.73 Å². The number of halogens is 1. The van der Waals surface area contributed by atoms with Crippen LogP contribution in [-0.4, -0.2) is 22.0 Å². The summed E-state index contributed by atoms with van der Waals surface area (Å²) in [6.07, 6.45) is 1.40. The van der Waals surface area contributed by atoms with Gasteiger partial charge < -0.3 is 5.73 Å². The zero-order valence-electron chi connectivity index (χ0n) is 18.3. The second-order valence-electron chi connectivity index (χ2n) is 7.61. The van der Waals surface area contributed by atoms with E-state index in [4.69, 9.17) is 22.3 Å². The molecule has 1 amide bonds. The van der Waals surface area contributed by atoms with Crippen LogP contribution in [0.25, 0.3) is 31.9 Å². The summed E-state index contributed by atoms with van der Waals surface area (Å²) in [4.78, 5) is 30.0. The standard InChI is InChI=1S/C25H16ClN5O3S2/c26-16-7-5-15(6-8-16)19-12-18(20-2-1-11-35-20)21-22(27)23(36-25(21)29-19)24(32)30-28-13-14-3-9-17(10-4-14)31(33)34/h1-13H,27H2,(H,30,32)/b28-13+. The number of aromatic nitrogens is 1. The molecule has 0 fully saturated rings. The van der Waals surface area contributed by atoms with E-state index < -0.39 is 10.8 Å². The first-order valence-electron chi connectivity index (χ1n) is 10.5. The zero-order chi connectivity index (χ0) is 25.2. The molecule has 8 nitrogen and oxygen atoms in total. The number of nitrogens with one attached hydrogen (secondary N) is 1. The van der Waals surface area contributed by atoms with E-state index in [9.17, 15) is 14.9 Å². The van der Waals surface area contributed by atoms with Crippen molar-refractivity contribution in [1.29, 1.82) is 0 Å². The average molecular weight is 534 g/mol. The van der Waals surface area contributed by atoms with Crippen molar-refractivity contribution in [2.24, 2.45) is 5.10 Å². The van der Waals surface area contributed by atoms with Gasteiger partial charge in [-0.3, -0.25) is 14.9 Å². The lowest BCUT2D eigenvalue weighted by Gasteiger charge is -2.07. The highest BCUT2D eigenvalue weighted by atomic mass is 35.5. The van der Waals surface area contributed by atoms with Gasteiger partial charge >= 0.3 is 0 Å². The summed E-state index contributed by atoms with van der Waals surface area (Å²) >= 11 is 8.81. The minimum absolute atomic E-state index is 0.0266. The molecule has 3 heterocycles. The highest BCUT2D eigenvalue weighted by Gasteiger charge is 2.22. The minimum Gasteiger partial charge on any atom is -0.397 e. The molecular formula is C25H16ClN5O3S2. The number of pyridine rings is 1. The van der Waals surface area contributed by atoms with Crippen molar-refractivity contribution < 1.29 is 9.72 Å². The van der Waals surface area contributed by atoms with Gasteiger partial charge in [-0.05, 0) is 47.3 Å². The Morgan fingerprint density at radius 3 is 2.56 bits per heavy atom. The Labute approximate surface area is 217 Å². The number of carbonyl (C=O) groups is 1. The summed E-state index contributed by atoms with van der Waals surface area (Å²) in [7, 11) is 0. The molecular weight excluding hydrogens is 518 g/mol. The van der Waals surface area contributed by atoms with Crippen LogP contribution in [0.1, 0.15) is 15.2 Å². The van der Waals surface area contributed by atoms with E-state index in [0.29, 0.717) is 31.4 Å². The number of hydrazone groups is 1. The molecule has 178 valence electrons. The van der Waals surface area contributed by atoms with E-state index in [2.05, 4.69) is 10.5 Å². The topological polar surface area (TPSA) is 124 Å². The number of hydrogen-bond donors (Lipinski definition) is 2. The van der Waals surface area contributed by atoms with Crippen LogP contribution in [0.3, 0.4) is 0 Å². The van der Waals surface area contributed by atoms with Gasteiger partial charge in [0.1, 0.15) is 9.71 Å². The highest BCUT2D eigenvalue weighted by Crippen LogP contribution is 2.42. The number of amides is 1. The molecule has 0 spiro atoms. The molecule has 2 aromatic carbocycles. The van der Waals surface area contributed by atoms with Crippen LogP contribution in [-0.2, 0) is 0 Å². The van der Waals surface area contributed by atoms with E-state index in [1.54, 1.807) is 23.5 Å². The number of nitro groups is 1. The summed E-state index contributed by atoms with van der Waals surface area (Å²) < 4.78 is 0. The maximum atomic E-state index is 12.9. The fraction of sp³-hybridized carbons (Fsp3) is 0. The fourth-order valence-corrected chi connectivity index (χ4v) is 5.47. The Kier molecular flexibility index (Phi) is 6.47. The van der Waals surface area contributed by atoms with Crippen molar-refractivity contribution >= 4 is 68.0 Å². The molecule has 0 saturated heterocycles. The van der Waals surface area contributed by atoms with E-state index in [-0.39, 0.29) is 5.69 Å². The SMILES string of the molecule is Nc1c(C(=O)N/N=C/c2ccc([N+](=O)[O-])cc2)sc2nc(-c3ccc(Cl)cc3)cc(-c3cccs3)c12. The van der Waals surface area contributed by atoms with Gasteiger partial charge in [-0.2, -0.15) is 5.10 Å². The number of rotatable bonds is 6. The van der Waals surface area contributed by atoms with Gasteiger partial charge in [-0.1, -0.05) is 29.8 Å². The van der Waals surface area contributed by atoms with Gasteiger partial charge in [-0.15, -0.1) is 22.7 Å². The molecule has 36 heavy (non-hydrogen) atoms. The van der Waals surface area contributed by atoms with E-state index in [1.807, 2.05) is 35.7 Å². The number of nitrogens with zero attached hydrogens (tertiary/aromatic N) is 3. The molecule has 5 aromatic rings. The van der Waals surface area contributed by atoms with Crippen LogP contribution in [0.4, 0.5) is 11.4 Å². The van der Waals surface area contributed by atoms with Gasteiger partial charge in [0.25, 0.3) is 11.6 Å². The normalized spacial score (nSPS) is 11.2. The highest BCUT2D eigenvalue weighted by molar-refractivity contribution is 7.21. The molecule has 5 rings (SSSR count). The predicted octanol–water partition coefficient (Wildman–Crippen LogP) is 6.60. The molecule has 0 aliphatic carbocycles. The number of nitrogens with two attached hydrogens (primary N) is 1. The van der Waals surface area contributed by atoms with Crippen molar-refractivity contribution in [3.05, 3.63) is 97.7 Å². The lowest BCUT2D eigenvalue weighted by atomic mass is 10.0. The molecule has 0 bridgehead atoms. The summed E-state index contributed by atoms with van der Waals surface area (Å²) in [5, 5.41) is 18.1. The Bertz CT molecular complexity index is 1610. The Morgan fingerprint density at radius 1 is 1.14 bits per heavy atom. The van der Waals surface area contributed by atoms with Crippen molar-refractivity contribution in [1.82, 2.24) is 10.4 Å². The lowest BCUT2D eigenvalue weighted by molar-refractivity contribution is -0.384. The second kappa shape index (κ2) is 9.86. The number of nitrogen functional groups attached to an aromatic ring is 1. The van der Waals surface area contributed by atoms with E-state index >= 15 is 0 Å². The minimum atomic E-state index is -0.482. The van der Waals surface area contributed by atoms with Gasteiger partial charge in [0.05, 0.1) is 22.5 Å². The van der Waals surface area contributed by atoms with Crippen molar-refractivity contribution in [3.8, 4) is 21.7 Å². The molecule has 0 radical (unpaired) electrons. The van der Waals surface area contributed by atoms with Crippen LogP contribution < -0.4 is 11.2 Å². The second-order valence-corrected chi connectivity index (χ2v) is 10.00. The Balaban J connectivity index is 1.49. The van der Waals surface area contributed by atoms with Gasteiger partial charge in [0, 0.05) is 38.5 Å². The van der Waals surface area contributed by atoms with Gasteiger partial charge in [0.15, 0.2) is 0 Å². The quantitative estimate of drug-likeness (QED) is 0.144. The summed E-state index contributed by atoms with van der Waals surface area (Å²) in [6, 6.07) is 19.1. The maximum absolute atomic E-state index is 12.9. The molecule has 3 N–H and O–H groups in total. The first-order valence-corrected chi connectivity index (χ1v) is 12.6. The van der Waals surface area contributed by atoms with E-state index in [0.717, 1.165) is 21.7 Å². The monoisotopic (exact) mass is 533 g/mol. The van der Waals surface area contributed by atoms with Crippen LogP contribution in [0.2, 0.25) is 5.02 Å². The molecule has 0 unspecified atom stereocenters. The third-order valence-corrected chi connectivity index (χ3v) is 7.57. The van der Waals surface area contributed by atoms with Crippen LogP contribution in [0.5, 0.6) is 0 Å². The lowest BCUT2D eigenvalue weighted by Crippen LogP contribution is -2.17. The summed E-state index contributed by atoms with van der Waals surface area (Å²) in [5.74, 6) is -0.473. The van der Waals surface area contributed by atoms with Gasteiger partial charge in [-0.25, -0.2) is 10.4 Å². The molecule has 0 saturated carbocycles. The summed E-state index contributed by atoms with van der Waals surface area (Å²) in [5.41, 5.74) is 12.4. The number of fused-ring (bicyclic) bond motifs is 1. The predicted molar refractivity (Wildman–Crippen MR) is 146 cm³/mol. The molecule has 3 aromatic heterocycles. The average Bonchev–Trinajstić information content (AvgIpc) is 3.53. The first kappa shape index (κ1) is 23.6. The Hall–Kier alpha value is -4.12. The van der Waals surface area contributed by atoms with Crippen molar-refractivity contribution in [3.63, 3.8) is 0 Å². The van der Waals surface area contributed by atoms with Crippen LogP contribution >= 0.6 is 34.3 Å². The van der Waals surface area contributed by atoms with Crippen LogP contribution in [0.15, 0.2) is 77.2 Å². The zero-order valence-corrected chi connectivity index (χ0v) is 20.7.